The van der Waals surface area contributed by atoms with Crippen molar-refractivity contribution in [3.8, 4) is 0 Å². The molecule has 3 rings (SSSR count). The van der Waals surface area contributed by atoms with Crippen molar-refractivity contribution in [1.82, 2.24) is 5.32 Å². The predicted octanol–water partition coefficient (Wildman–Crippen LogP) is 4.25. The molecular formula is C25H25F2N3O4S. The molecule has 0 saturated carbocycles. The van der Waals surface area contributed by atoms with E-state index in [1.54, 1.807) is 12.1 Å². The summed E-state index contributed by atoms with van der Waals surface area (Å²) in [4.78, 5) is 26.0. The molecule has 0 aromatic heterocycles. The Morgan fingerprint density at radius 2 is 1.51 bits per heavy atom. The Labute approximate surface area is 202 Å². The van der Waals surface area contributed by atoms with Gasteiger partial charge < -0.3 is 10.6 Å². The highest BCUT2D eigenvalue weighted by molar-refractivity contribution is 7.92. The van der Waals surface area contributed by atoms with Gasteiger partial charge in [0, 0.05) is 6.07 Å². The van der Waals surface area contributed by atoms with Gasteiger partial charge in [-0.1, -0.05) is 42.5 Å². The first-order valence-corrected chi connectivity index (χ1v) is 12.5. The van der Waals surface area contributed by atoms with Gasteiger partial charge in [0.15, 0.2) is 11.6 Å². The van der Waals surface area contributed by atoms with Crippen molar-refractivity contribution in [2.45, 2.75) is 25.9 Å². The third-order valence-electron chi connectivity index (χ3n) is 5.32. The van der Waals surface area contributed by atoms with Gasteiger partial charge in [0.2, 0.25) is 15.9 Å². The van der Waals surface area contributed by atoms with Crippen LogP contribution >= 0.6 is 0 Å². The fraction of sp³-hybridized carbons (Fsp3) is 0.200. The average molecular weight is 502 g/mol. The number of carbonyl (C=O) groups is 2. The lowest BCUT2D eigenvalue weighted by molar-refractivity contribution is -0.116. The summed E-state index contributed by atoms with van der Waals surface area (Å²) < 4.78 is 52.7. The number of para-hydroxylation sites is 1. The molecule has 10 heteroatoms. The van der Waals surface area contributed by atoms with E-state index in [1.165, 1.54) is 19.1 Å². The van der Waals surface area contributed by atoms with Gasteiger partial charge in [0.25, 0.3) is 5.91 Å². The Balaban J connectivity index is 1.83. The Bertz CT molecular complexity index is 1330. The summed E-state index contributed by atoms with van der Waals surface area (Å²) in [5.41, 5.74) is 1.03. The minimum absolute atomic E-state index is 0.167. The van der Waals surface area contributed by atoms with Crippen LogP contribution in [0.25, 0.3) is 0 Å². The van der Waals surface area contributed by atoms with Gasteiger partial charge in [-0.05, 0) is 43.7 Å². The summed E-state index contributed by atoms with van der Waals surface area (Å²) in [6, 6.07) is 16.5. The van der Waals surface area contributed by atoms with E-state index >= 15 is 0 Å². The van der Waals surface area contributed by atoms with Crippen molar-refractivity contribution in [2.75, 3.05) is 15.9 Å². The molecule has 2 amide bonds. The maximum atomic E-state index is 13.8. The van der Waals surface area contributed by atoms with E-state index in [9.17, 15) is 26.8 Å². The predicted molar refractivity (Wildman–Crippen MR) is 131 cm³/mol. The van der Waals surface area contributed by atoms with E-state index in [-0.39, 0.29) is 23.0 Å². The summed E-state index contributed by atoms with van der Waals surface area (Å²) in [6.07, 6.45) is 0.852. The molecule has 0 aliphatic rings. The van der Waals surface area contributed by atoms with Gasteiger partial charge in [0.05, 0.1) is 29.2 Å². The van der Waals surface area contributed by atoms with Crippen molar-refractivity contribution < 1.29 is 26.8 Å². The van der Waals surface area contributed by atoms with Crippen LogP contribution in [0.4, 0.5) is 20.2 Å². The number of carbonyl (C=O) groups excluding carboxylic acids is 2. The molecule has 2 atom stereocenters. The lowest BCUT2D eigenvalue weighted by Crippen LogP contribution is -2.45. The van der Waals surface area contributed by atoms with Crippen LogP contribution in [-0.2, 0) is 14.8 Å². The molecule has 3 aromatic rings. The first-order valence-electron chi connectivity index (χ1n) is 10.7. The molecule has 2 unspecified atom stereocenters. The lowest BCUT2D eigenvalue weighted by Gasteiger charge is -2.28. The number of hydrogen-bond donors (Lipinski definition) is 2. The minimum atomic E-state index is -4.05. The molecule has 2 N–H and O–H groups in total. The van der Waals surface area contributed by atoms with Crippen LogP contribution in [0.1, 0.15) is 35.8 Å². The van der Waals surface area contributed by atoms with E-state index in [0.717, 1.165) is 24.0 Å². The maximum absolute atomic E-state index is 13.8. The largest absolute Gasteiger partial charge is 0.345 e. The molecular weight excluding hydrogens is 476 g/mol. The highest BCUT2D eigenvalue weighted by atomic mass is 32.2. The number of amides is 2. The first kappa shape index (κ1) is 25.8. The fourth-order valence-electron chi connectivity index (χ4n) is 3.56. The van der Waals surface area contributed by atoms with Gasteiger partial charge in [-0.25, -0.2) is 17.2 Å². The zero-order valence-electron chi connectivity index (χ0n) is 19.3. The van der Waals surface area contributed by atoms with Crippen molar-refractivity contribution in [1.29, 1.82) is 0 Å². The molecule has 0 fully saturated rings. The van der Waals surface area contributed by atoms with Gasteiger partial charge in [-0.2, -0.15) is 0 Å². The van der Waals surface area contributed by atoms with Crippen molar-refractivity contribution in [3.05, 3.63) is 95.6 Å². The Hall–Kier alpha value is -3.79. The molecule has 0 aliphatic heterocycles. The second-order valence-electron chi connectivity index (χ2n) is 7.97. The molecule has 0 saturated heterocycles. The summed E-state index contributed by atoms with van der Waals surface area (Å²) in [7, 11) is -4.05. The topological polar surface area (TPSA) is 95.6 Å². The molecule has 7 nitrogen and oxygen atoms in total. The average Bonchev–Trinajstić information content (AvgIpc) is 2.81. The van der Waals surface area contributed by atoms with Gasteiger partial charge >= 0.3 is 0 Å². The standard InChI is InChI=1S/C25H25F2N3O4S/c1-16(18-9-5-4-6-10-18)28-25(32)20-11-7-8-12-23(20)29-24(31)17(2)30(35(3,33)34)19-13-14-21(26)22(27)15-19/h4-17H,1-3H3,(H,28,32)(H,29,31). The summed E-state index contributed by atoms with van der Waals surface area (Å²) >= 11 is 0. The molecule has 3 aromatic carbocycles. The van der Waals surface area contributed by atoms with Crippen LogP contribution in [0.5, 0.6) is 0 Å². The Morgan fingerprint density at radius 1 is 0.886 bits per heavy atom. The van der Waals surface area contributed by atoms with Crippen LogP contribution in [-0.4, -0.2) is 32.5 Å². The molecule has 0 bridgehead atoms. The van der Waals surface area contributed by atoms with Crippen molar-refractivity contribution >= 4 is 33.2 Å². The van der Waals surface area contributed by atoms with Gasteiger partial charge in [0.1, 0.15) is 6.04 Å². The summed E-state index contributed by atoms with van der Waals surface area (Å²) in [5, 5.41) is 5.44. The second-order valence-corrected chi connectivity index (χ2v) is 9.83. The number of nitrogens with one attached hydrogen (secondary N) is 2. The van der Waals surface area contributed by atoms with Crippen LogP contribution in [0.3, 0.4) is 0 Å². The molecule has 0 aliphatic carbocycles. The number of sulfonamides is 1. The number of anilines is 2. The van der Waals surface area contributed by atoms with Crippen LogP contribution in [0, 0.1) is 11.6 Å². The molecule has 35 heavy (non-hydrogen) atoms. The highest BCUT2D eigenvalue weighted by Gasteiger charge is 2.30. The van der Waals surface area contributed by atoms with Gasteiger partial charge in [-0.15, -0.1) is 0 Å². The van der Waals surface area contributed by atoms with Crippen molar-refractivity contribution in [3.63, 3.8) is 0 Å². The SMILES string of the molecule is CC(NC(=O)c1ccccc1NC(=O)C(C)N(c1ccc(F)c(F)c1)S(C)(=O)=O)c1ccccc1. The minimum Gasteiger partial charge on any atom is -0.345 e. The number of nitrogens with zero attached hydrogens (tertiary/aromatic N) is 1. The molecule has 0 radical (unpaired) electrons. The van der Waals surface area contributed by atoms with Crippen LogP contribution < -0.4 is 14.9 Å². The number of benzene rings is 3. The third-order valence-corrected chi connectivity index (χ3v) is 6.56. The molecule has 0 heterocycles. The van der Waals surface area contributed by atoms with Gasteiger partial charge in [-0.3, -0.25) is 13.9 Å². The van der Waals surface area contributed by atoms with Crippen molar-refractivity contribution in [2.24, 2.45) is 0 Å². The Kier molecular flexibility index (Phi) is 7.85. The normalized spacial score (nSPS) is 12.9. The third kappa shape index (κ3) is 6.21. The smallest absolute Gasteiger partial charge is 0.253 e. The highest BCUT2D eigenvalue weighted by Crippen LogP contribution is 2.25. The summed E-state index contributed by atoms with van der Waals surface area (Å²) in [6.45, 7) is 3.13. The lowest BCUT2D eigenvalue weighted by atomic mass is 10.1. The zero-order valence-corrected chi connectivity index (χ0v) is 20.1. The monoisotopic (exact) mass is 501 g/mol. The van der Waals surface area contributed by atoms with E-state index in [4.69, 9.17) is 0 Å². The maximum Gasteiger partial charge on any atom is 0.253 e. The van der Waals surface area contributed by atoms with E-state index in [1.807, 2.05) is 37.3 Å². The zero-order chi connectivity index (χ0) is 25.8. The second kappa shape index (κ2) is 10.6. The van der Waals surface area contributed by atoms with E-state index in [0.29, 0.717) is 10.4 Å². The van der Waals surface area contributed by atoms with E-state index < -0.39 is 39.5 Å². The number of halogens is 2. The first-order chi connectivity index (χ1) is 16.5. The quantitative estimate of drug-likeness (QED) is 0.483. The summed E-state index contributed by atoms with van der Waals surface area (Å²) in [5.74, 6) is -3.61. The Morgan fingerprint density at radius 3 is 2.14 bits per heavy atom. The van der Waals surface area contributed by atoms with E-state index in [2.05, 4.69) is 10.6 Å². The number of hydrogen-bond acceptors (Lipinski definition) is 4. The van der Waals surface area contributed by atoms with Crippen LogP contribution in [0.2, 0.25) is 0 Å². The fourth-order valence-corrected chi connectivity index (χ4v) is 4.72. The number of rotatable bonds is 8. The molecule has 0 spiro atoms. The van der Waals surface area contributed by atoms with Crippen LogP contribution in [0.15, 0.2) is 72.8 Å². The molecule has 184 valence electrons.